The number of aliphatic carboxylic acids is 2. The molecular weight excluding hydrogens is 1950 g/mol. The van der Waals surface area contributed by atoms with Gasteiger partial charge in [0.05, 0.1) is 141 Å². The first-order valence-electron chi connectivity index (χ1n) is 50.5. The van der Waals surface area contributed by atoms with Gasteiger partial charge in [-0.2, -0.15) is 0 Å². The number of hydrogen-bond donors (Lipinski definition) is 21. The van der Waals surface area contributed by atoms with Crippen molar-refractivity contribution in [3.05, 3.63) is 89.0 Å². The zero-order valence-corrected chi connectivity index (χ0v) is 82.1. The van der Waals surface area contributed by atoms with Crippen LogP contribution in [0, 0.1) is 29.6 Å². The van der Waals surface area contributed by atoms with Gasteiger partial charge in [-0.15, -0.1) is 10.2 Å². The van der Waals surface area contributed by atoms with E-state index < -0.39 is 272 Å². The van der Waals surface area contributed by atoms with Gasteiger partial charge < -0.3 is 170 Å². The molecule has 8 fully saturated rings. The Hall–Kier alpha value is -9.08. The molecule has 54 nitrogen and oxygen atoms in total. The number of amides is 3. The average Bonchev–Trinajstić information content (AvgIpc) is 0.925. The number of carboxylic acid groups (broad SMARTS) is 2. The molecule has 30 atom stereocenters. The van der Waals surface area contributed by atoms with Gasteiger partial charge in [-0.05, 0) is 90.1 Å². The number of aliphatic hydroxyl groups excluding tert-OH is 10. The van der Waals surface area contributed by atoms with Crippen LogP contribution in [0.1, 0.15) is 194 Å². The predicted octanol–water partition coefficient (Wildman–Crippen LogP) is -5.75. The van der Waals surface area contributed by atoms with Crippen LogP contribution in [0.3, 0.4) is 0 Å². The van der Waals surface area contributed by atoms with Crippen molar-refractivity contribution >= 4 is 47.0 Å². The van der Waals surface area contributed by atoms with Crippen LogP contribution in [0.15, 0.2) is 43.7 Å². The molecule has 12 rings (SSSR count). The second kappa shape index (κ2) is 57.4. The van der Waals surface area contributed by atoms with Crippen molar-refractivity contribution in [3.63, 3.8) is 0 Å². The Morgan fingerprint density at radius 2 is 0.871 bits per heavy atom. The van der Waals surface area contributed by atoms with Crippen molar-refractivity contribution in [3.8, 4) is 0 Å². The van der Waals surface area contributed by atoms with E-state index in [0.717, 1.165) is 50.7 Å². The fraction of sp³-hybridized carbons (Fsp3) is 0.785. The minimum atomic E-state index is -1.96. The molecule has 0 spiro atoms. The Balaban J connectivity index is 0.608. The molecule has 4 saturated heterocycles. The van der Waals surface area contributed by atoms with E-state index >= 15 is 0 Å². The summed E-state index contributed by atoms with van der Waals surface area (Å²) in [5.74, 6) is -10.4. The van der Waals surface area contributed by atoms with Crippen LogP contribution in [-0.2, 0) is 126 Å². The number of ketones is 3. The van der Waals surface area contributed by atoms with Gasteiger partial charge in [-0.3, -0.25) is 57.7 Å². The Bertz CT molecular complexity index is 4720. The fourth-order valence-electron chi connectivity index (χ4n) is 20.0. The third-order valence-corrected chi connectivity index (χ3v) is 28.0. The highest BCUT2D eigenvalue weighted by atomic mass is 16.8. The van der Waals surface area contributed by atoms with Crippen LogP contribution in [0.2, 0.25) is 0 Å². The first kappa shape index (κ1) is 117. The van der Waals surface area contributed by atoms with Gasteiger partial charge >= 0.3 is 23.3 Å². The van der Waals surface area contributed by atoms with Gasteiger partial charge in [-0.25, -0.2) is 19.2 Å². The van der Waals surface area contributed by atoms with Gasteiger partial charge in [0, 0.05) is 68.5 Å². The third-order valence-electron chi connectivity index (χ3n) is 28.0. The Morgan fingerprint density at radius 3 is 1.29 bits per heavy atom. The minimum absolute atomic E-state index is 0.00316. The summed E-state index contributed by atoms with van der Waals surface area (Å²) in [6, 6.07) is -2.78. The number of aliphatic hydroxyl groups is 10. The van der Waals surface area contributed by atoms with E-state index in [2.05, 4.69) is 46.5 Å². The number of carboxylic acids is 2. The number of aryl methyl sites for hydroxylation is 2. The van der Waals surface area contributed by atoms with E-state index in [-0.39, 0.29) is 193 Å². The maximum Gasteiger partial charge on any atom is 0.332 e. The Labute approximate surface area is 842 Å². The largest absolute Gasteiger partial charge is 0.479 e. The lowest BCUT2D eigenvalue weighted by atomic mass is 9.78. The number of aromatic amines is 4. The van der Waals surface area contributed by atoms with Gasteiger partial charge in [0.15, 0.2) is 37.4 Å². The molecule has 0 bridgehead atoms. The summed E-state index contributed by atoms with van der Waals surface area (Å²) < 4.78 is 95.0. The van der Waals surface area contributed by atoms with Crippen molar-refractivity contribution in [1.82, 2.24) is 65.9 Å². The number of carbonyl (C=O) groups excluding carboxylic acids is 6. The number of nitrogens with two attached hydrogens (primary N) is 2. The molecule has 4 aromatic heterocycles. The summed E-state index contributed by atoms with van der Waals surface area (Å²) in [6.45, 7) is 2.37. The third kappa shape index (κ3) is 33.5. The Kier molecular flexibility index (Phi) is 45.5. The number of aromatic nitrogens is 10. The maximum atomic E-state index is 14.6. The van der Waals surface area contributed by atoms with Crippen molar-refractivity contribution in [2.75, 3.05) is 79.2 Å². The number of nitrogens with zero attached hydrogens (tertiary/aromatic N) is 6. The lowest BCUT2D eigenvalue weighted by Crippen LogP contribution is -2.68. The summed E-state index contributed by atoms with van der Waals surface area (Å²) >= 11 is 0. The lowest BCUT2D eigenvalue weighted by Gasteiger charge is -2.49. The smallest absolute Gasteiger partial charge is 0.332 e. The van der Waals surface area contributed by atoms with E-state index in [1.165, 1.54) is 29.4 Å². The van der Waals surface area contributed by atoms with Gasteiger partial charge in [-0.1, -0.05) is 74.6 Å². The van der Waals surface area contributed by atoms with E-state index in [1.807, 2.05) is 9.97 Å². The molecule has 4 aliphatic carbocycles. The van der Waals surface area contributed by atoms with Gasteiger partial charge in [0.25, 0.3) is 22.9 Å². The van der Waals surface area contributed by atoms with Crippen molar-refractivity contribution in [2.45, 2.75) is 353 Å². The molecule has 23 N–H and O–H groups in total. The maximum absolute atomic E-state index is 14.6. The van der Waals surface area contributed by atoms with Crippen LogP contribution in [0.4, 0.5) is 0 Å². The molecule has 147 heavy (non-hydrogen) atoms. The first-order valence-corrected chi connectivity index (χ1v) is 50.5. The molecule has 12 unspecified atom stereocenters. The van der Waals surface area contributed by atoms with E-state index in [9.17, 15) is 119 Å². The van der Waals surface area contributed by atoms with E-state index in [0.29, 0.717) is 37.1 Å². The molecule has 54 heteroatoms. The standard InChI is InChI=1S/C93H143N15O39/c1-46-72(117)76(121)78(123)90(138-46)146-81-56(96-84(125)58-38-69(115)101-92(131)98-58)33-50(60(112)15-9-19-94)35-62(81)142-88-55(80(74(119)66(42-109)144-88)140-64(86(127)128)31-48-11-5-3-6-12-48)37-54(111)17-21-107-40-52(103-105-107)44-136-29-27-134-25-23-133-24-26-135-28-30-137-45-53-41-108(106-104-53)22-18-68(114)100-71-83(141-65(87(129)130)32-49-13-7-4-8-14-49)75(120)67(43-110)145-89(71)143-63-36-51(61(113)16-10-20-95)34-57(97-85(126)59-39-70(116)102-93(132)99-59)82(63)147-91-79(124)77(122)73(118)47(2)139-91/h38-41,46-51,55-57,62-67,71-83,88-91,109-110,117-124H,3-37,42-45,94-95H2,1-2H3,(H,96,125)(H,97,126)(H,100,114)(H,127,128)(H,129,130)(H2,98,101,115,131)(H2,99,102,116,132)/t46?,47?,50?,51?,55?,56?,57?,62-,63-,64+,65+,66+,67+,71?,72-,73-,74+,75+,76+,77+,78?,79?,80?,81-,82-,83?,88-,89-,90+,91+/m1/s1. The molecule has 0 aromatic carbocycles. The Morgan fingerprint density at radius 1 is 0.463 bits per heavy atom. The topological polar surface area (TPSA) is 799 Å². The number of rotatable bonds is 57. The van der Waals surface area contributed by atoms with Crippen LogP contribution in [-0.4, -0.2) is 403 Å². The molecule has 8 aliphatic rings. The second-order valence-corrected chi connectivity index (χ2v) is 38.8. The minimum Gasteiger partial charge on any atom is -0.479 e. The van der Waals surface area contributed by atoms with Crippen LogP contribution < -0.4 is 49.9 Å². The lowest BCUT2D eigenvalue weighted by molar-refractivity contribution is -0.341. The summed E-state index contributed by atoms with van der Waals surface area (Å²) in [4.78, 5) is 170. The summed E-state index contributed by atoms with van der Waals surface area (Å²) in [7, 11) is 0. The van der Waals surface area contributed by atoms with E-state index in [4.69, 9.17) is 82.5 Å². The van der Waals surface area contributed by atoms with Crippen LogP contribution >= 0.6 is 0 Å². The highest BCUT2D eigenvalue weighted by Gasteiger charge is 2.57. The van der Waals surface area contributed by atoms with Crippen molar-refractivity contribution in [2.24, 2.45) is 41.1 Å². The SMILES string of the molecule is CC1O[C@@H](O[C@@H]2C(NC(=O)c3cc(=O)[nH]c(=O)[nH]3)CC(C(=O)CCCN)C[C@H]2O[C@@H]2O[C@@H](CO)[C@H](O)C(O[C@@H](CC3CCCCC3)C(=O)O)C2CC(=O)CCn2cc(COCCOCCOCCOCCOCc3cn(CCC(=O)NC4C(O[C@@H](CC5CCCCC5)C(=O)O)[C@@H](O)[C@H](CO)O[C@H]4O[C@@H]4CC(C(=O)CCCN)CC(NC(=O)c5cc(=O)[nH]c(=O)[nH]5)[C@H]4O[C@@H]4OC(C)[C@@H](O)[C@H](O)C4O)nn3)nn2)C(O)[C@@H](O)[C@@H]1O. The molecule has 0 radical (unpaired) electrons. The van der Waals surface area contributed by atoms with Gasteiger partial charge in [0.2, 0.25) is 5.91 Å². The van der Waals surface area contributed by atoms with E-state index in [1.54, 1.807) is 6.20 Å². The number of hydrogen-bond acceptors (Lipinski definition) is 43. The second-order valence-electron chi connectivity index (χ2n) is 38.8. The zero-order chi connectivity index (χ0) is 106. The zero-order valence-electron chi connectivity index (χ0n) is 82.1. The van der Waals surface area contributed by atoms with Crippen LogP contribution in [0.25, 0.3) is 0 Å². The quantitative estimate of drug-likeness (QED) is 0.0183. The number of ether oxygens (including phenoxy) is 15. The van der Waals surface area contributed by atoms with Crippen LogP contribution in [0.5, 0.6) is 0 Å². The van der Waals surface area contributed by atoms with Gasteiger partial charge in [0.1, 0.15) is 126 Å². The highest BCUT2D eigenvalue weighted by Crippen LogP contribution is 2.43. The van der Waals surface area contributed by atoms with Crippen molar-refractivity contribution < 1.29 is 171 Å². The fourth-order valence-corrected chi connectivity index (χ4v) is 20.0. The summed E-state index contributed by atoms with van der Waals surface area (Å²) in [5.41, 5.74) is 7.44. The molecule has 4 saturated carbocycles. The summed E-state index contributed by atoms with van der Waals surface area (Å²) in [6.07, 6.45) is -30.2. The number of nitrogens with one attached hydrogen (secondary N) is 7. The number of Topliss-reactive ketones (excluding diaryl/α,β-unsaturated/α-hetero) is 3. The molecule has 4 aromatic rings. The van der Waals surface area contributed by atoms with Crippen molar-refractivity contribution in [1.29, 1.82) is 0 Å². The summed E-state index contributed by atoms with van der Waals surface area (Å²) in [5, 5.41) is 158. The normalized spacial score (nSPS) is 31.4. The first-order chi connectivity index (χ1) is 70.6. The molecule has 3 amide bonds. The predicted molar refractivity (Wildman–Crippen MR) is 499 cm³/mol. The molecule has 8 heterocycles. The number of H-pyrrole nitrogens is 4. The molecule has 4 aliphatic heterocycles. The number of carbonyl (C=O) groups is 8. The monoisotopic (exact) mass is 2090 g/mol. The molecular formula is C93H143N15O39. The highest BCUT2D eigenvalue weighted by molar-refractivity contribution is 5.93. The average molecular weight is 2100 g/mol. The molecule has 824 valence electrons.